The van der Waals surface area contributed by atoms with Gasteiger partial charge in [0.2, 0.25) is 0 Å². The van der Waals surface area contributed by atoms with Gasteiger partial charge in [-0.25, -0.2) is 0 Å². The summed E-state index contributed by atoms with van der Waals surface area (Å²) >= 11 is 0. The van der Waals surface area contributed by atoms with Crippen LogP contribution in [0.3, 0.4) is 0 Å². The Kier molecular flexibility index (Phi) is 4.94. The molecule has 0 fully saturated rings. The molecule has 1 aromatic rings. The maximum atomic E-state index is 11.3. The molecule has 18 heavy (non-hydrogen) atoms. The number of carbonyl (C=O) groups is 1. The van der Waals surface area contributed by atoms with Gasteiger partial charge in [-0.15, -0.1) is 0 Å². The van der Waals surface area contributed by atoms with Crippen LogP contribution in [-0.2, 0) is 10.2 Å². The van der Waals surface area contributed by atoms with Gasteiger partial charge in [0.25, 0.3) is 0 Å². The van der Waals surface area contributed by atoms with Crippen molar-refractivity contribution < 1.29 is 4.79 Å². The Balaban J connectivity index is 2.91. The molecule has 2 nitrogen and oxygen atoms in total. The average Bonchev–Trinajstić information content (AvgIpc) is 2.29. The molecule has 0 amide bonds. The number of ketones is 1. The van der Waals surface area contributed by atoms with E-state index < -0.39 is 0 Å². The molecule has 0 spiro atoms. The molecule has 0 aliphatic carbocycles. The fourth-order valence-corrected chi connectivity index (χ4v) is 2.44. The van der Waals surface area contributed by atoms with Crippen LogP contribution in [0.5, 0.6) is 0 Å². The molecular formula is C16H25NO. The number of nitrogens with zero attached hydrogens (tertiary/aromatic N) is 1. The molecule has 1 aromatic carbocycles. The summed E-state index contributed by atoms with van der Waals surface area (Å²) in [5, 5.41) is 0. The Morgan fingerprint density at radius 2 is 1.61 bits per heavy atom. The van der Waals surface area contributed by atoms with Crippen LogP contribution in [-0.4, -0.2) is 18.9 Å². The van der Waals surface area contributed by atoms with Crippen molar-refractivity contribution in [2.75, 3.05) is 18.0 Å². The number of rotatable bonds is 6. The number of Topliss-reactive ketones (excluding diaryl/α,β-unsaturated/α-hetero) is 1. The van der Waals surface area contributed by atoms with Gasteiger partial charge in [0.1, 0.15) is 5.78 Å². The SMILES string of the molecule is CCN(CC)c1ccc(C(C)(C)CC(C)=O)cc1. The van der Waals surface area contributed by atoms with Crippen molar-refractivity contribution in [2.24, 2.45) is 0 Å². The lowest BCUT2D eigenvalue weighted by Crippen LogP contribution is -2.23. The zero-order valence-corrected chi connectivity index (χ0v) is 12.3. The Morgan fingerprint density at radius 3 is 2.00 bits per heavy atom. The molecule has 1 rings (SSSR count). The minimum atomic E-state index is -0.0758. The fraction of sp³-hybridized carbons (Fsp3) is 0.562. The second-order valence-electron chi connectivity index (χ2n) is 5.48. The number of hydrogen-bond acceptors (Lipinski definition) is 2. The first-order chi connectivity index (χ1) is 8.40. The summed E-state index contributed by atoms with van der Waals surface area (Å²) in [5.74, 6) is 0.243. The third-order valence-corrected chi connectivity index (χ3v) is 3.47. The van der Waals surface area contributed by atoms with E-state index in [0.29, 0.717) is 6.42 Å². The molecule has 0 atom stereocenters. The van der Waals surface area contributed by atoms with Gasteiger partial charge in [-0.3, -0.25) is 4.79 Å². The molecule has 0 aliphatic heterocycles. The molecule has 0 radical (unpaired) electrons. The molecule has 0 heterocycles. The number of carbonyl (C=O) groups excluding carboxylic acids is 1. The predicted molar refractivity (Wildman–Crippen MR) is 78.3 cm³/mol. The van der Waals surface area contributed by atoms with Crippen LogP contribution in [0.15, 0.2) is 24.3 Å². The van der Waals surface area contributed by atoms with Gasteiger partial charge < -0.3 is 4.90 Å². The van der Waals surface area contributed by atoms with Crippen molar-refractivity contribution >= 4 is 11.5 Å². The maximum absolute atomic E-state index is 11.3. The Morgan fingerprint density at radius 1 is 1.11 bits per heavy atom. The Hall–Kier alpha value is -1.31. The van der Waals surface area contributed by atoms with Gasteiger partial charge in [0.15, 0.2) is 0 Å². The minimum absolute atomic E-state index is 0.0758. The molecule has 0 aliphatic rings. The van der Waals surface area contributed by atoms with Crippen molar-refractivity contribution in [1.82, 2.24) is 0 Å². The molecule has 2 heteroatoms. The lowest BCUT2D eigenvalue weighted by Gasteiger charge is -2.26. The third kappa shape index (κ3) is 3.59. The Bertz CT molecular complexity index is 388. The van der Waals surface area contributed by atoms with E-state index in [-0.39, 0.29) is 11.2 Å². The van der Waals surface area contributed by atoms with Gasteiger partial charge in [0.05, 0.1) is 0 Å². The van der Waals surface area contributed by atoms with E-state index in [1.54, 1.807) is 6.92 Å². The lowest BCUT2D eigenvalue weighted by molar-refractivity contribution is -0.118. The fourth-order valence-electron chi connectivity index (χ4n) is 2.44. The second-order valence-corrected chi connectivity index (χ2v) is 5.48. The van der Waals surface area contributed by atoms with Crippen molar-refractivity contribution in [3.8, 4) is 0 Å². The first-order valence-electron chi connectivity index (χ1n) is 6.75. The first kappa shape index (κ1) is 14.7. The van der Waals surface area contributed by atoms with Crippen molar-refractivity contribution in [3.05, 3.63) is 29.8 Å². The monoisotopic (exact) mass is 247 g/mol. The average molecular weight is 247 g/mol. The highest BCUT2D eigenvalue weighted by atomic mass is 16.1. The highest BCUT2D eigenvalue weighted by Crippen LogP contribution is 2.28. The van der Waals surface area contributed by atoms with E-state index in [1.165, 1.54) is 11.3 Å². The number of benzene rings is 1. The van der Waals surface area contributed by atoms with Crippen LogP contribution >= 0.6 is 0 Å². The normalized spacial score (nSPS) is 11.4. The highest BCUT2D eigenvalue weighted by Gasteiger charge is 2.22. The summed E-state index contributed by atoms with van der Waals surface area (Å²) in [6, 6.07) is 8.61. The topological polar surface area (TPSA) is 20.3 Å². The van der Waals surface area contributed by atoms with Crippen molar-refractivity contribution in [3.63, 3.8) is 0 Å². The van der Waals surface area contributed by atoms with E-state index in [2.05, 4.69) is 56.9 Å². The quantitative estimate of drug-likeness (QED) is 0.762. The summed E-state index contributed by atoms with van der Waals surface area (Å²) in [6.07, 6.45) is 0.595. The van der Waals surface area contributed by atoms with Crippen LogP contribution in [0, 0.1) is 0 Å². The maximum Gasteiger partial charge on any atom is 0.130 e. The van der Waals surface area contributed by atoms with Crippen LogP contribution in [0.2, 0.25) is 0 Å². The van der Waals surface area contributed by atoms with E-state index in [0.717, 1.165) is 13.1 Å². The largest absolute Gasteiger partial charge is 0.372 e. The summed E-state index contributed by atoms with van der Waals surface area (Å²) in [7, 11) is 0. The summed E-state index contributed by atoms with van der Waals surface area (Å²) in [6.45, 7) is 12.3. The molecule has 0 saturated heterocycles. The van der Waals surface area contributed by atoms with Gasteiger partial charge in [-0.05, 0) is 43.9 Å². The van der Waals surface area contributed by atoms with E-state index >= 15 is 0 Å². The number of anilines is 1. The van der Waals surface area contributed by atoms with Crippen LogP contribution in [0.25, 0.3) is 0 Å². The standard InChI is InChI=1S/C16H25NO/c1-6-17(7-2)15-10-8-14(9-11-15)16(4,5)12-13(3)18/h8-11H,6-7,12H2,1-5H3. The molecule has 0 unspecified atom stereocenters. The Labute approximate surface area is 111 Å². The zero-order valence-electron chi connectivity index (χ0n) is 12.3. The van der Waals surface area contributed by atoms with E-state index in [1.807, 2.05) is 0 Å². The van der Waals surface area contributed by atoms with Gasteiger partial charge in [-0.1, -0.05) is 26.0 Å². The number of hydrogen-bond donors (Lipinski definition) is 0. The van der Waals surface area contributed by atoms with Crippen LogP contribution in [0.1, 0.15) is 46.6 Å². The predicted octanol–water partition coefficient (Wildman–Crippen LogP) is 3.79. The molecule has 0 bridgehead atoms. The van der Waals surface area contributed by atoms with Gasteiger partial charge in [0, 0.05) is 25.2 Å². The molecule has 100 valence electrons. The first-order valence-corrected chi connectivity index (χ1v) is 6.75. The minimum Gasteiger partial charge on any atom is -0.372 e. The van der Waals surface area contributed by atoms with Crippen LogP contribution in [0.4, 0.5) is 5.69 Å². The molecular weight excluding hydrogens is 222 g/mol. The van der Waals surface area contributed by atoms with Gasteiger partial charge >= 0.3 is 0 Å². The summed E-state index contributed by atoms with van der Waals surface area (Å²) < 4.78 is 0. The van der Waals surface area contributed by atoms with Crippen molar-refractivity contribution in [2.45, 2.75) is 46.5 Å². The second kappa shape index (κ2) is 6.03. The van der Waals surface area contributed by atoms with E-state index in [9.17, 15) is 4.79 Å². The smallest absolute Gasteiger partial charge is 0.130 e. The highest BCUT2D eigenvalue weighted by molar-refractivity contribution is 5.77. The molecule has 0 N–H and O–H groups in total. The van der Waals surface area contributed by atoms with Crippen LogP contribution < -0.4 is 4.90 Å². The molecule has 0 aromatic heterocycles. The summed E-state index contributed by atoms with van der Waals surface area (Å²) in [5.41, 5.74) is 2.41. The van der Waals surface area contributed by atoms with Crippen molar-refractivity contribution in [1.29, 1.82) is 0 Å². The lowest BCUT2D eigenvalue weighted by atomic mass is 9.80. The third-order valence-electron chi connectivity index (χ3n) is 3.47. The zero-order chi connectivity index (χ0) is 13.8. The van der Waals surface area contributed by atoms with E-state index in [4.69, 9.17) is 0 Å². The summed E-state index contributed by atoms with van der Waals surface area (Å²) in [4.78, 5) is 13.6. The molecule has 0 saturated carbocycles. The van der Waals surface area contributed by atoms with Gasteiger partial charge in [-0.2, -0.15) is 0 Å².